The Bertz CT molecular complexity index is 276. The molecule has 1 heterocycles. The van der Waals surface area contributed by atoms with E-state index in [1.165, 1.54) is 0 Å². The monoisotopic (exact) mass is 228 g/mol. The topological polar surface area (TPSA) is 35.5 Å². The van der Waals surface area contributed by atoms with Crippen LogP contribution in [0.15, 0.2) is 12.2 Å². The van der Waals surface area contributed by atoms with Crippen LogP contribution < -0.4 is 0 Å². The lowest BCUT2D eigenvalue weighted by Gasteiger charge is -2.38. The van der Waals surface area contributed by atoms with Crippen molar-refractivity contribution in [2.24, 2.45) is 0 Å². The average molecular weight is 228 g/mol. The Morgan fingerprint density at radius 2 is 2.07 bits per heavy atom. The van der Waals surface area contributed by atoms with Crippen LogP contribution in [0.2, 0.25) is 18.1 Å². The van der Waals surface area contributed by atoms with E-state index in [1.807, 2.05) is 0 Å². The first kappa shape index (κ1) is 12.6. The van der Waals surface area contributed by atoms with Gasteiger partial charge in [-0.3, -0.25) is 4.79 Å². The van der Waals surface area contributed by atoms with Crippen molar-refractivity contribution in [2.75, 3.05) is 6.61 Å². The predicted octanol–water partition coefficient (Wildman–Crippen LogP) is 2.49. The van der Waals surface area contributed by atoms with E-state index in [0.29, 0.717) is 0 Å². The Hall–Kier alpha value is -0.453. The first-order valence-corrected chi connectivity index (χ1v) is 8.14. The molecule has 0 spiro atoms. The van der Waals surface area contributed by atoms with Gasteiger partial charge in [-0.15, -0.1) is 0 Å². The highest BCUT2D eigenvalue weighted by Gasteiger charge is 2.39. The van der Waals surface area contributed by atoms with Crippen molar-refractivity contribution in [3.63, 3.8) is 0 Å². The van der Waals surface area contributed by atoms with E-state index in [4.69, 9.17) is 9.16 Å². The molecule has 15 heavy (non-hydrogen) atoms. The van der Waals surface area contributed by atoms with Crippen molar-refractivity contribution < 1.29 is 14.0 Å². The van der Waals surface area contributed by atoms with Crippen molar-refractivity contribution in [1.82, 2.24) is 0 Å². The minimum Gasteiger partial charge on any atom is -0.389 e. The largest absolute Gasteiger partial charge is 0.389 e. The van der Waals surface area contributed by atoms with Gasteiger partial charge in [-0.25, -0.2) is 0 Å². The zero-order chi connectivity index (χ0) is 11.7. The molecule has 0 aliphatic carbocycles. The lowest BCUT2D eigenvalue weighted by molar-refractivity contribution is -0.129. The maximum absolute atomic E-state index is 10.9. The molecule has 86 valence electrons. The predicted molar refractivity (Wildman–Crippen MR) is 62.2 cm³/mol. The van der Waals surface area contributed by atoms with Crippen molar-refractivity contribution in [3.05, 3.63) is 12.2 Å². The zero-order valence-corrected chi connectivity index (χ0v) is 11.2. The van der Waals surface area contributed by atoms with Crippen LogP contribution in [0.1, 0.15) is 20.8 Å². The molecule has 1 aliphatic rings. The number of hydrogen-bond acceptors (Lipinski definition) is 3. The van der Waals surface area contributed by atoms with Gasteiger partial charge in [-0.1, -0.05) is 20.8 Å². The van der Waals surface area contributed by atoms with E-state index in [0.717, 1.165) is 0 Å². The van der Waals surface area contributed by atoms with E-state index < -0.39 is 8.32 Å². The van der Waals surface area contributed by atoms with Crippen molar-refractivity contribution in [1.29, 1.82) is 0 Å². The molecule has 0 radical (unpaired) electrons. The maximum Gasteiger partial charge on any atom is 0.195 e. The van der Waals surface area contributed by atoms with Crippen LogP contribution in [0.5, 0.6) is 0 Å². The molecule has 0 saturated carbocycles. The molecule has 0 N–H and O–H groups in total. The smallest absolute Gasteiger partial charge is 0.195 e. The van der Waals surface area contributed by atoms with Crippen molar-refractivity contribution in [2.45, 2.75) is 45.2 Å². The first-order valence-electron chi connectivity index (χ1n) is 5.23. The van der Waals surface area contributed by atoms with E-state index in [9.17, 15) is 4.79 Å². The van der Waals surface area contributed by atoms with Crippen LogP contribution in [-0.4, -0.2) is 27.0 Å². The molecule has 0 aromatic rings. The number of carbonyl (C=O) groups excluding carboxylic acids is 1. The van der Waals surface area contributed by atoms with Gasteiger partial charge < -0.3 is 9.16 Å². The molecule has 0 amide bonds. The third kappa shape index (κ3) is 3.26. The Labute approximate surface area is 92.6 Å². The van der Waals surface area contributed by atoms with Crippen LogP contribution >= 0.6 is 0 Å². The number of hydrogen-bond donors (Lipinski definition) is 0. The minimum absolute atomic E-state index is 0.00471. The van der Waals surface area contributed by atoms with Crippen LogP contribution in [0.4, 0.5) is 0 Å². The van der Waals surface area contributed by atoms with Gasteiger partial charge in [0.2, 0.25) is 0 Å². The standard InChI is InChI=1S/C11H20O3Si/c1-11(2,3)15(4,5)14-10-7-6-9(12)8-13-10/h6-7,10H,8H2,1-5H3/t10-/m0/s1. The molecular formula is C11H20O3Si. The van der Waals surface area contributed by atoms with E-state index in [-0.39, 0.29) is 23.7 Å². The second kappa shape index (κ2) is 4.20. The summed E-state index contributed by atoms with van der Waals surface area (Å²) in [5.74, 6) is 0.00471. The third-order valence-electron chi connectivity index (χ3n) is 3.05. The van der Waals surface area contributed by atoms with Crippen molar-refractivity contribution in [3.8, 4) is 0 Å². The minimum atomic E-state index is -1.80. The SMILES string of the molecule is CC(C)(C)[Si](C)(C)O[C@H]1C=CC(=O)CO1. The maximum atomic E-state index is 10.9. The molecule has 0 aromatic heterocycles. The Balaban J connectivity index is 2.63. The van der Waals surface area contributed by atoms with Crippen LogP contribution in [0, 0.1) is 0 Å². The Morgan fingerprint density at radius 3 is 2.47 bits per heavy atom. The summed E-state index contributed by atoms with van der Waals surface area (Å²) in [6.07, 6.45) is 2.90. The lowest BCUT2D eigenvalue weighted by Crippen LogP contribution is -2.45. The van der Waals surface area contributed by atoms with Gasteiger partial charge in [-0.2, -0.15) is 0 Å². The fraction of sp³-hybridized carbons (Fsp3) is 0.727. The summed E-state index contributed by atoms with van der Waals surface area (Å²) < 4.78 is 11.3. The van der Waals surface area contributed by atoms with Gasteiger partial charge in [0.15, 0.2) is 20.4 Å². The first-order chi connectivity index (χ1) is 6.72. The zero-order valence-electron chi connectivity index (χ0n) is 10.2. The quantitative estimate of drug-likeness (QED) is 0.681. The van der Waals surface area contributed by atoms with E-state index >= 15 is 0 Å². The second-order valence-corrected chi connectivity index (χ2v) is 10.1. The molecule has 1 rings (SSSR count). The van der Waals surface area contributed by atoms with Crippen LogP contribution in [-0.2, 0) is 14.0 Å². The molecule has 0 aromatic carbocycles. The average Bonchev–Trinajstić information content (AvgIpc) is 2.06. The summed E-state index contributed by atoms with van der Waals surface area (Å²) in [4.78, 5) is 10.9. The van der Waals surface area contributed by atoms with E-state index in [2.05, 4.69) is 33.9 Å². The van der Waals surface area contributed by atoms with Crippen molar-refractivity contribution >= 4 is 14.1 Å². The molecule has 0 bridgehead atoms. The highest BCUT2D eigenvalue weighted by molar-refractivity contribution is 6.74. The molecular weight excluding hydrogens is 208 g/mol. The summed E-state index contributed by atoms with van der Waals surface area (Å²) >= 11 is 0. The summed E-state index contributed by atoms with van der Waals surface area (Å²) in [7, 11) is -1.80. The second-order valence-electron chi connectivity index (χ2n) is 5.38. The Kier molecular flexibility index (Phi) is 3.53. The molecule has 1 aliphatic heterocycles. The summed E-state index contributed by atoms with van der Waals surface area (Å²) in [5.41, 5.74) is 0. The van der Waals surface area contributed by atoms with Gasteiger partial charge in [0.1, 0.15) is 6.61 Å². The molecule has 4 heteroatoms. The number of rotatable bonds is 2. The highest BCUT2D eigenvalue weighted by atomic mass is 28.4. The van der Waals surface area contributed by atoms with Gasteiger partial charge in [0.05, 0.1) is 0 Å². The summed E-state index contributed by atoms with van der Waals surface area (Å²) in [6.45, 7) is 11.0. The molecule has 3 nitrogen and oxygen atoms in total. The number of ketones is 1. The van der Waals surface area contributed by atoms with Gasteiger partial charge in [0, 0.05) is 0 Å². The number of carbonyl (C=O) groups is 1. The van der Waals surface area contributed by atoms with Gasteiger partial charge in [-0.05, 0) is 30.3 Å². The van der Waals surface area contributed by atoms with Gasteiger partial charge >= 0.3 is 0 Å². The van der Waals surface area contributed by atoms with Gasteiger partial charge in [0.25, 0.3) is 0 Å². The summed E-state index contributed by atoms with van der Waals surface area (Å²) in [5, 5.41) is 0.158. The third-order valence-corrected chi connectivity index (χ3v) is 7.48. The molecule has 0 fully saturated rings. The highest BCUT2D eigenvalue weighted by Crippen LogP contribution is 2.37. The molecule has 0 saturated heterocycles. The van der Waals surface area contributed by atoms with Crippen LogP contribution in [0.3, 0.4) is 0 Å². The lowest BCUT2D eigenvalue weighted by atomic mass is 10.2. The normalized spacial score (nSPS) is 23.3. The molecule has 0 unspecified atom stereocenters. The number of ether oxygens (including phenoxy) is 1. The molecule has 1 atom stereocenters. The summed E-state index contributed by atoms with van der Waals surface area (Å²) in [6, 6.07) is 0. The fourth-order valence-electron chi connectivity index (χ4n) is 0.994. The van der Waals surface area contributed by atoms with Crippen LogP contribution in [0.25, 0.3) is 0 Å². The fourth-order valence-corrected chi connectivity index (χ4v) is 2.08. The van der Waals surface area contributed by atoms with E-state index in [1.54, 1.807) is 12.2 Å². The Morgan fingerprint density at radius 1 is 1.47 bits per heavy atom.